The van der Waals surface area contributed by atoms with Gasteiger partial charge < -0.3 is 10.5 Å². The highest BCUT2D eigenvalue weighted by Crippen LogP contribution is 2.17. The number of halogens is 1. The van der Waals surface area contributed by atoms with Gasteiger partial charge in [-0.05, 0) is 17.0 Å². The van der Waals surface area contributed by atoms with Crippen LogP contribution in [0, 0.1) is 0 Å². The van der Waals surface area contributed by atoms with E-state index >= 15 is 0 Å². The second-order valence-electron chi connectivity index (χ2n) is 5.60. The van der Waals surface area contributed by atoms with Crippen LogP contribution < -0.4 is 10.5 Å². The van der Waals surface area contributed by atoms with Crippen LogP contribution in [0.15, 0.2) is 24.3 Å². The van der Waals surface area contributed by atoms with Crippen molar-refractivity contribution in [1.82, 2.24) is 9.03 Å². The number of methoxy groups -OCH3 is 1. The van der Waals surface area contributed by atoms with Crippen molar-refractivity contribution >= 4 is 22.6 Å². The number of benzene rings is 1. The van der Waals surface area contributed by atoms with Crippen LogP contribution in [-0.4, -0.2) is 46.6 Å². The zero-order valence-corrected chi connectivity index (χ0v) is 15.8. The second-order valence-corrected chi connectivity index (χ2v) is 7.46. The monoisotopic (exact) mass is 365 g/mol. The van der Waals surface area contributed by atoms with Crippen molar-refractivity contribution < 1.29 is 13.2 Å². The van der Waals surface area contributed by atoms with Crippen LogP contribution in [0.2, 0.25) is 0 Å². The van der Waals surface area contributed by atoms with Crippen LogP contribution in [-0.2, 0) is 14.9 Å². The topological polar surface area (TPSA) is 84.7 Å². The van der Waals surface area contributed by atoms with Crippen LogP contribution in [0.4, 0.5) is 0 Å². The van der Waals surface area contributed by atoms with Gasteiger partial charge in [-0.2, -0.15) is 12.7 Å². The molecule has 23 heavy (non-hydrogen) atoms. The lowest BCUT2D eigenvalue weighted by atomic mass is 9.99. The molecule has 6 nitrogen and oxygen atoms in total. The van der Waals surface area contributed by atoms with E-state index < -0.39 is 10.2 Å². The van der Waals surface area contributed by atoms with Crippen molar-refractivity contribution in [2.75, 3.05) is 33.9 Å². The largest absolute Gasteiger partial charge is 0.383 e. The molecule has 0 aliphatic carbocycles. The maximum Gasteiger partial charge on any atom is 0.279 e. The SMILES string of the molecule is COCCN(C)S(=O)(=O)NCC(N)c1ccc(C(C)C)cc1.Cl. The van der Waals surface area contributed by atoms with E-state index in [0.29, 0.717) is 19.1 Å². The molecular formula is C15H28ClN3O3S. The predicted octanol–water partition coefficient (Wildman–Crippen LogP) is 1.64. The molecular weight excluding hydrogens is 338 g/mol. The minimum atomic E-state index is -3.53. The van der Waals surface area contributed by atoms with Crippen molar-refractivity contribution in [3.8, 4) is 0 Å². The highest BCUT2D eigenvalue weighted by Gasteiger charge is 2.18. The first-order valence-electron chi connectivity index (χ1n) is 7.33. The highest BCUT2D eigenvalue weighted by molar-refractivity contribution is 7.87. The molecule has 0 amide bonds. The number of likely N-dealkylation sites (N-methyl/N-ethyl adjacent to an activating group) is 1. The van der Waals surface area contributed by atoms with Crippen LogP contribution in [0.3, 0.4) is 0 Å². The molecule has 0 fully saturated rings. The Labute approximate surface area is 146 Å². The van der Waals surface area contributed by atoms with Crippen molar-refractivity contribution in [2.24, 2.45) is 5.73 Å². The Balaban J connectivity index is 0.00000484. The average Bonchev–Trinajstić information content (AvgIpc) is 2.50. The number of ether oxygens (including phenoxy) is 1. The molecule has 1 atom stereocenters. The van der Waals surface area contributed by atoms with Crippen LogP contribution >= 0.6 is 12.4 Å². The fourth-order valence-electron chi connectivity index (χ4n) is 1.89. The summed E-state index contributed by atoms with van der Waals surface area (Å²) < 4.78 is 32.6. The van der Waals surface area contributed by atoms with E-state index in [9.17, 15) is 8.42 Å². The molecule has 1 aromatic rings. The third kappa shape index (κ3) is 7.15. The van der Waals surface area contributed by atoms with Crippen LogP contribution in [0.1, 0.15) is 36.9 Å². The first kappa shape index (κ1) is 22.3. The van der Waals surface area contributed by atoms with Gasteiger partial charge in [-0.3, -0.25) is 0 Å². The Morgan fingerprint density at radius 3 is 2.22 bits per heavy atom. The normalized spacial score (nSPS) is 13.2. The van der Waals surface area contributed by atoms with E-state index in [-0.39, 0.29) is 25.0 Å². The van der Waals surface area contributed by atoms with Gasteiger partial charge in [0.25, 0.3) is 10.2 Å². The standard InChI is InChI=1S/C15H27N3O3S.ClH/c1-12(2)13-5-7-14(8-6-13)15(16)11-17-22(19,20)18(3)9-10-21-4;/h5-8,12,15,17H,9-11,16H2,1-4H3;1H. The smallest absolute Gasteiger partial charge is 0.279 e. The quantitative estimate of drug-likeness (QED) is 0.696. The molecule has 0 spiro atoms. The van der Waals surface area contributed by atoms with E-state index in [1.54, 1.807) is 0 Å². The number of hydrogen-bond acceptors (Lipinski definition) is 4. The molecule has 0 bridgehead atoms. The lowest BCUT2D eigenvalue weighted by Gasteiger charge is -2.19. The van der Waals surface area contributed by atoms with Gasteiger partial charge in [-0.1, -0.05) is 38.1 Å². The molecule has 1 rings (SSSR count). The summed E-state index contributed by atoms with van der Waals surface area (Å²) in [5.74, 6) is 0.457. The highest BCUT2D eigenvalue weighted by atomic mass is 35.5. The molecule has 0 aliphatic heterocycles. The zero-order valence-electron chi connectivity index (χ0n) is 14.2. The molecule has 0 radical (unpaired) electrons. The lowest BCUT2D eigenvalue weighted by Crippen LogP contribution is -2.42. The first-order valence-corrected chi connectivity index (χ1v) is 8.77. The second kappa shape index (κ2) is 10.2. The number of nitrogens with one attached hydrogen (secondary N) is 1. The Morgan fingerprint density at radius 2 is 1.74 bits per heavy atom. The van der Waals surface area contributed by atoms with Gasteiger partial charge in [0.05, 0.1) is 6.61 Å². The molecule has 0 saturated heterocycles. The number of hydrogen-bond donors (Lipinski definition) is 2. The minimum absolute atomic E-state index is 0. The van der Waals surface area contributed by atoms with Crippen molar-refractivity contribution in [1.29, 1.82) is 0 Å². The fourth-order valence-corrected chi connectivity index (χ4v) is 2.82. The summed E-state index contributed by atoms with van der Waals surface area (Å²) in [6.45, 7) is 5.04. The van der Waals surface area contributed by atoms with E-state index in [0.717, 1.165) is 5.56 Å². The van der Waals surface area contributed by atoms with Gasteiger partial charge in [-0.25, -0.2) is 4.72 Å². The molecule has 1 unspecified atom stereocenters. The Morgan fingerprint density at radius 1 is 1.22 bits per heavy atom. The molecule has 8 heteroatoms. The zero-order chi connectivity index (χ0) is 16.8. The Hall–Kier alpha value is -0.700. The molecule has 3 N–H and O–H groups in total. The van der Waals surface area contributed by atoms with Gasteiger partial charge in [-0.15, -0.1) is 12.4 Å². The maximum atomic E-state index is 12.0. The number of nitrogens with zero attached hydrogens (tertiary/aromatic N) is 1. The predicted molar refractivity (Wildman–Crippen MR) is 96.1 cm³/mol. The molecule has 134 valence electrons. The summed E-state index contributed by atoms with van der Waals surface area (Å²) in [5.41, 5.74) is 8.20. The summed E-state index contributed by atoms with van der Waals surface area (Å²) >= 11 is 0. The summed E-state index contributed by atoms with van der Waals surface area (Å²) in [7, 11) is -0.497. The minimum Gasteiger partial charge on any atom is -0.383 e. The van der Waals surface area contributed by atoms with Crippen molar-refractivity contribution in [3.63, 3.8) is 0 Å². The van der Waals surface area contributed by atoms with E-state index in [1.807, 2.05) is 24.3 Å². The van der Waals surface area contributed by atoms with E-state index in [4.69, 9.17) is 10.5 Å². The third-order valence-electron chi connectivity index (χ3n) is 3.54. The van der Waals surface area contributed by atoms with Crippen molar-refractivity contribution in [3.05, 3.63) is 35.4 Å². The molecule has 0 aliphatic rings. The molecule has 0 saturated carbocycles. The number of rotatable bonds is 9. The van der Waals surface area contributed by atoms with Gasteiger partial charge in [0.1, 0.15) is 0 Å². The summed E-state index contributed by atoms with van der Waals surface area (Å²) in [5, 5.41) is 0. The molecule has 1 aromatic carbocycles. The summed E-state index contributed by atoms with van der Waals surface area (Å²) in [4.78, 5) is 0. The van der Waals surface area contributed by atoms with Gasteiger partial charge >= 0.3 is 0 Å². The van der Waals surface area contributed by atoms with Gasteiger partial charge in [0, 0.05) is 33.3 Å². The fraction of sp³-hybridized carbons (Fsp3) is 0.600. The van der Waals surface area contributed by atoms with Gasteiger partial charge in [0.2, 0.25) is 0 Å². The summed E-state index contributed by atoms with van der Waals surface area (Å²) in [6, 6.07) is 7.57. The third-order valence-corrected chi connectivity index (χ3v) is 5.07. The number of nitrogens with two attached hydrogens (primary N) is 1. The van der Waals surface area contributed by atoms with E-state index in [1.165, 1.54) is 24.0 Å². The first-order chi connectivity index (χ1) is 10.3. The average molecular weight is 366 g/mol. The lowest BCUT2D eigenvalue weighted by molar-refractivity contribution is 0.184. The summed E-state index contributed by atoms with van der Waals surface area (Å²) in [6.07, 6.45) is 0. The Bertz CT molecular complexity index is 550. The van der Waals surface area contributed by atoms with Crippen LogP contribution in [0.25, 0.3) is 0 Å². The maximum absolute atomic E-state index is 12.0. The molecule has 0 heterocycles. The van der Waals surface area contributed by atoms with Crippen LogP contribution in [0.5, 0.6) is 0 Å². The van der Waals surface area contributed by atoms with E-state index in [2.05, 4.69) is 18.6 Å². The Kier molecular flexibility index (Phi) is 9.91. The van der Waals surface area contributed by atoms with Crippen molar-refractivity contribution in [2.45, 2.75) is 25.8 Å². The molecule has 0 aromatic heterocycles. The van der Waals surface area contributed by atoms with Gasteiger partial charge in [0.15, 0.2) is 0 Å².